The Hall–Kier alpha value is -0.870. The Kier molecular flexibility index (Phi) is 4.29. The largest absolute Gasteiger partial charge is 0.469 e. The fraction of sp³-hybridized carbons (Fsp3) is 0.364. The lowest BCUT2D eigenvalue weighted by atomic mass is 10.1. The zero-order chi connectivity index (χ0) is 11.4. The Bertz CT molecular complexity index is 363. The summed E-state index contributed by atoms with van der Waals surface area (Å²) in [5.41, 5.74) is 1.79. The van der Waals surface area contributed by atoms with Gasteiger partial charge in [0, 0.05) is 4.47 Å². The molecule has 1 aromatic rings. The molecule has 4 heteroatoms. The van der Waals surface area contributed by atoms with Crippen LogP contribution in [0, 0.1) is 6.92 Å². The number of esters is 1. The molecule has 0 spiro atoms. The monoisotopic (exact) mass is 272 g/mol. The second kappa shape index (κ2) is 5.28. The second-order valence-corrected chi connectivity index (χ2v) is 4.18. The summed E-state index contributed by atoms with van der Waals surface area (Å²) in [7, 11) is 1.30. The number of benzene rings is 1. The van der Waals surface area contributed by atoms with Crippen LogP contribution >= 0.6 is 15.9 Å². The Morgan fingerprint density at radius 3 is 2.80 bits per heavy atom. The number of carbonyl (C=O) groups is 1. The van der Waals surface area contributed by atoms with Gasteiger partial charge in [-0.15, -0.1) is 0 Å². The van der Waals surface area contributed by atoms with Crippen molar-refractivity contribution >= 4 is 21.9 Å². The van der Waals surface area contributed by atoms with Crippen LogP contribution in [0.3, 0.4) is 0 Å². The van der Waals surface area contributed by atoms with E-state index in [1.54, 1.807) is 6.07 Å². The van der Waals surface area contributed by atoms with Gasteiger partial charge >= 0.3 is 5.97 Å². The Balaban J connectivity index is 2.82. The third-order valence-corrected chi connectivity index (χ3v) is 2.79. The molecule has 0 bridgehead atoms. The zero-order valence-electron chi connectivity index (χ0n) is 8.66. The van der Waals surface area contributed by atoms with Crippen molar-refractivity contribution < 1.29 is 14.6 Å². The summed E-state index contributed by atoms with van der Waals surface area (Å²) in [6.45, 7) is 1.96. The van der Waals surface area contributed by atoms with Crippen LogP contribution in [0.1, 0.15) is 23.7 Å². The van der Waals surface area contributed by atoms with Crippen molar-refractivity contribution in [3.63, 3.8) is 0 Å². The predicted molar refractivity (Wildman–Crippen MR) is 60.5 cm³/mol. The lowest BCUT2D eigenvalue weighted by molar-refractivity contribution is -0.142. The summed E-state index contributed by atoms with van der Waals surface area (Å²) in [6.07, 6.45) is -0.856. The fourth-order valence-corrected chi connectivity index (χ4v) is 2.01. The summed E-state index contributed by atoms with van der Waals surface area (Å²) in [4.78, 5) is 11.0. The topological polar surface area (TPSA) is 46.5 Å². The normalized spacial score (nSPS) is 12.3. The molecule has 1 rings (SSSR count). The number of hydrogen-bond acceptors (Lipinski definition) is 3. The first-order valence-corrected chi connectivity index (χ1v) is 5.35. The van der Waals surface area contributed by atoms with Crippen LogP contribution in [-0.2, 0) is 9.53 Å². The summed E-state index contributed by atoms with van der Waals surface area (Å²) >= 11 is 3.35. The van der Waals surface area contributed by atoms with Gasteiger partial charge < -0.3 is 9.84 Å². The van der Waals surface area contributed by atoms with Crippen LogP contribution in [0.5, 0.6) is 0 Å². The van der Waals surface area contributed by atoms with Gasteiger partial charge in [0.1, 0.15) is 0 Å². The summed E-state index contributed by atoms with van der Waals surface area (Å²) in [5, 5.41) is 9.76. The average Bonchev–Trinajstić information content (AvgIpc) is 2.17. The molecule has 0 saturated carbocycles. The zero-order valence-corrected chi connectivity index (χ0v) is 10.2. The Morgan fingerprint density at radius 1 is 1.60 bits per heavy atom. The maximum Gasteiger partial charge on any atom is 0.308 e. The Morgan fingerprint density at radius 2 is 2.27 bits per heavy atom. The van der Waals surface area contributed by atoms with Crippen molar-refractivity contribution in [2.24, 2.45) is 0 Å². The number of carbonyl (C=O) groups excluding carboxylic acids is 1. The number of ether oxygens (including phenoxy) is 1. The summed E-state index contributed by atoms with van der Waals surface area (Å²) in [5.74, 6) is -0.421. The van der Waals surface area contributed by atoms with E-state index in [1.807, 2.05) is 19.1 Å². The third kappa shape index (κ3) is 3.32. The molecular weight excluding hydrogens is 260 g/mol. The van der Waals surface area contributed by atoms with Crippen molar-refractivity contribution in [2.45, 2.75) is 19.4 Å². The molecule has 0 aliphatic carbocycles. The molecular formula is C11H13BrO3. The van der Waals surface area contributed by atoms with Gasteiger partial charge in [-0.2, -0.15) is 0 Å². The van der Waals surface area contributed by atoms with Gasteiger partial charge in [-0.3, -0.25) is 4.79 Å². The highest BCUT2D eigenvalue weighted by atomic mass is 79.9. The molecule has 0 amide bonds. The number of rotatable bonds is 3. The lowest BCUT2D eigenvalue weighted by Gasteiger charge is -2.11. The smallest absolute Gasteiger partial charge is 0.308 e. The number of aryl methyl sites for hydroxylation is 1. The van der Waals surface area contributed by atoms with Gasteiger partial charge in [0.25, 0.3) is 0 Å². The SMILES string of the molecule is COC(=O)C[C@@H](O)c1ccc(C)cc1Br. The highest BCUT2D eigenvalue weighted by Crippen LogP contribution is 2.26. The maximum atomic E-state index is 11.0. The maximum absolute atomic E-state index is 11.0. The van der Waals surface area contributed by atoms with Crippen molar-refractivity contribution in [1.29, 1.82) is 0 Å². The van der Waals surface area contributed by atoms with Crippen LogP contribution < -0.4 is 0 Å². The first-order valence-electron chi connectivity index (χ1n) is 4.55. The van der Waals surface area contributed by atoms with Gasteiger partial charge in [0.05, 0.1) is 19.6 Å². The molecule has 0 radical (unpaired) electrons. The van der Waals surface area contributed by atoms with Gasteiger partial charge in [-0.1, -0.05) is 28.1 Å². The van der Waals surface area contributed by atoms with E-state index in [-0.39, 0.29) is 6.42 Å². The third-order valence-electron chi connectivity index (χ3n) is 2.10. The molecule has 1 N–H and O–H groups in total. The number of halogens is 1. The molecule has 1 atom stereocenters. The van der Waals surface area contributed by atoms with Crippen molar-refractivity contribution in [1.82, 2.24) is 0 Å². The molecule has 0 aliphatic rings. The second-order valence-electron chi connectivity index (χ2n) is 3.32. The Labute approximate surface area is 97.2 Å². The quantitative estimate of drug-likeness (QED) is 0.860. The lowest BCUT2D eigenvalue weighted by Crippen LogP contribution is -2.08. The standard InChI is InChI=1S/C11H13BrO3/c1-7-3-4-8(9(12)5-7)10(13)6-11(14)15-2/h3-5,10,13H,6H2,1-2H3/t10-/m1/s1. The van der Waals surface area contributed by atoms with Gasteiger partial charge in [-0.25, -0.2) is 0 Å². The number of hydrogen-bond donors (Lipinski definition) is 1. The molecule has 0 aliphatic heterocycles. The van der Waals surface area contributed by atoms with Crippen LogP contribution in [0.2, 0.25) is 0 Å². The molecule has 0 heterocycles. The van der Waals surface area contributed by atoms with E-state index in [9.17, 15) is 9.90 Å². The van der Waals surface area contributed by atoms with Crippen molar-refractivity contribution in [3.8, 4) is 0 Å². The van der Waals surface area contributed by atoms with Gasteiger partial charge in [0.2, 0.25) is 0 Å². The molecule has 0 aromatic heterocycles. The van der Waals surface area contributed by atoms with Gasteiger partial charge in [0.15, 0.2) is 0 Å². The molecule has 0 unspecified atom stereocenters. The summed E-state index contributed by atoms with van der Waals surface area (Å²) < 4.78 is 5.30. The molecule has 3 nitrogen and oxygen atoms in total. The van der Waals surface area contributed by atoms with Crippen LogP contribution in [0.15, 0.2) is 22.7 Å². The molecule has 82 valence electrons. The predicted octanol–water partition coefficient (Wildman–Crippen LogP) is 2.35. The minimum Gasteiger partial charge on any atom is -0.469 e. The van der Waals surface area contributed by atoms with Crippen LogP contribution in [0.4, 0.5) is 0 Å². The van der Waals surface area contributed by atoms with E-state index < -0.39 is 12.1 Å². The first-order chi connectivity index (χ1) is 7.04. The number of aliphatic hydroxyl groups excluding tert-OH is 1. The summed E-state index contributed by atoms with van der Waals surface area (Å²) in [6, 6.07) is 5.59. The van der Waals surface area contributed by atoms with E-state index in [1.165, 1.54) is 7.11 Å². The molecule has 15 heavy (non-hydrogen) atoms. The van der Waals surface area contributed by atoms with Gasteiger partial charge in [-0.05, 0) is 24.1 Å². The fourth-order valence-electron chi connectivity index (χ4n) is 1.25. The van der Waals surface area contributed by atoms with E-state index in [2.05, 4.69) is 20.7 Å². The van der Waals surface area contributed by atoms with Crippen LogP contribution in [0.25, 0.3) is 0 Å². The van der Waals surface area contributed by atoms with Crippen LogP contribution in [-0.4, -0.2) is 18.2 Å². The molecule has 1 aromatic carbocycles. The van der Waals surface area contributed by atoms with E-state index >= 15 is 0 Å². The van der Waals surface area contributed by atoms with Crippen molar-refractivity contribution in [2.75, 3.05) is 7.11 Å². The number of aliphatic hydroxyl groups is 1. The highest BCUT2D eigenvalue weighted by molar-refractivity contribution is 9.10. The highest BCUT2D eigenvalue weighted by Gasteiger charge is 2.15. The first kappa shape index (κ1) is 12.2. The minimum absolute atomic E-state index is 0.0296. The van der Waals surface area contributed by atoms with E-state index in [4.69, 9.17) is 0 Å². The van der Waals surface area contributed by atoms with Crippen molar-refractivity contribution in [3.05, 3.63) is 33.8 Å². The van der Waals surface area contributed by atoms with E-state index in [0.29, 0.717) is 5.56 Å². The average molecular weight is 273 g/mol. The number of methoxy groups -OCH3 is 1. The minimum atomic E-state index is -0.826. The molecule has 0 fully saturated rings. The van der Waals surface area contributed by atoms with E-state index in [0.717, 1.165) is 10.0 Å². The molecule has 0 saturated heterocycles.